The number of nitrogens with one attached hydrogen (secondary N) is 1. The Hall–Kier alpha value is -2.30. The summed E-state index contributed by atoms with van der Waals surface area (Å²) in [6.45, 7) is 3.89. The highest BCUT2D eigenvalue weighted by atomic mass is 16.4. The van der Waals surface area contributed by atoms with Crippen molar-refractivity contribution in [1.82, 2.24) is 10.2 Å². The first-order valence-electron chi connectivity index (χ1n) is 5.66. The van der Waals surface area contributed by atoms with Gasteiger partial charge in [0.05, 0.1) is 11.9 Å². The van der Waals surface area contributed by atoms with Gasteiger partial charge in [0.15, 0.2) is 0 Å². The van der Waals surface area contributed by atoms with Gasteiger partial charge in [0.1, 0.15) is 11.5 Å². The zero-order valence-electron chi connectivity index (χ0n) is 10.2. The van der Waals surface area contributed by atoms with Gasteiger partial charge in [0.25, 0.3) is 0 Å². The standard InChI is InChI=1S/C13H14N2O3/c1-3-10-6-11(8(2)18-10)13-9(7-14-15-13)4-5-12(16)17/h4-7H,3H2,1-2H3,(H,14,15)(H,16,17)/b5-4+. The monoisotopic (exact) mass is 246 g/mol. The fraction of sp³-hybridized carbons (Fsp3) is 0.231. The van der Waals surface area contributed by atoms with Gasteiger partial charge in [-0.15, -0.1) is 0 Å². The largest absolute Gasteiger partial charge is 0.478 e. The summed E-state index contributed by atoms with van der Waals surface area (Å²) in [5.41, 5.74) is 2.41. The molecule has 0 amide bonds. The maximum absolute atomic E-state index is 10.5. The Morgan fingerprint density at radius 2 is 2.39 bits per heavy atom. The van der Waals surface area contributed by atoms with Gasteiger partial charge < -0.3 is 9.52 Å². The van der Waals surface area contributed by atoms with Crippen LogP contribution in [0.2, 0.25) is 0 Å². The molecule has 2 heterocycles. The van der Waals surface area contributed by atoms with E-state index in [9.17, 15) is 4.79 Å². The number of hydrogen-bond donors (Lipinski definition) is 2. The summed E-state index contributed by atoms with van der Waals surface area (Å²) in [5.74, 6) is 0.701. The Labute approximate surface area is 104 Å². The number of aliphatic carboxylic acids is 1. The molecule has 0 fully saturated rings. The molecule has 0 aromatic carbocycles. The number of furan rings is 1. The van der Waals surface area contributed by atoms with Crippen LogP contribution in [0.5, 0.6) is 0 Å². The van der Waals surface area contributed by atoms with E-state index in [-0.39, 0.29) is 0 Å². The molecule has 0 bridgehead atoms. The van der Waals surface area contributed by atoms with Crippen molar-refractivity contribution in [1.29, 1.82) is 0 Å². The third-order valence-electron chi connectivity index (χ3n) is 2.66. The fourth-order valence-corrected chi connectivity index (χ4v) is 1.76. The first-order chi connectivity index (χ1) is 8.61. The molecule has 5 nitrogen and oxygen atoms in total. The molecular weight excluding hydrogens is 232 g/mol. The average molecular weight is 246 g/mol. The van der Waals surface area contributed by atoms with Crippen molar-refractivity contribution in [2.75, 3.05) is 0 Å². The minimum Gasteiger partial charge on any atom is -0.478 e. The molecule has 0 aliphatic carbocycles. The average Bonchev–Trinajstić information content (AvgIpc) is 2.92. The Morgan fingerprint density at radius 3 is 3.00 bits per heavy atom. The number of aromatic amines is 1. The van der Waals surface area contributed by atoms with Crippen LogP contribution in [-0.2, 0) is 11.2 Å². The van der Waals surface area contributed by atoms with E-state index in [4.69, 9.17) is 9.52 Å². The quantitative estimate of drug-likeness (QED) is 0.813. The van der Waals surface area contributed by atoms with Crippen molar-refractivity contribution in [2.45, 2.75) is 20.3 Å². The van der Waals surface area contributed by atoms with Crippen LogP contribution in [0.15, 0.2) is 22.8 Å². The molecule has 0 saturated heterocycles. The van der Waals surface area contributed by atoms with Crippen molar-refractivity contribution in [2.24, 2.45) is 0 Å². The lowest BCUT2D eigenvalue weighted by Crippen LogP contribution is -1.86. The van der Waals surface area contributed by atoms with E-state index in [2.05, 4.69) is 10.2 Å². The molecule has 0 aliphatic rings. The molecule has 2 aromatic rings. The summed E-state index contributed by atoms with van der Waals surface area (Å²) in [6.07, 6.45) is 5.01. The Morgan fingerprint density at radius 1 is 1.61 bits per heavy atom. The molecule has 0 spiro atoms. The number of hydrogen-bond acceptors (Lipinski definition) is 3. The number of aromatic nitrogens is 2. The van der Waals surface area contributed by atoms with Crippen LogP contribution >= 0.6 is 0 Å². The molecule has 2 N–H and O–H groups in total. The highest BCUT2D eigenvalue weighted by Gasteiger charge is 2.13. The summed E-state index contributed by atoms with van der Waals surface area (Å²) in [4.78, 5) is 10.5. The Balaban J connectivity index is 2.41. The van der Waals surface area contributed by atoms with Crippen molar-refractivity contribution >= 4 is 12.0 Å². The third-order valence-corrected chi connectivity index (χ3v) is 2.66. The zero-order valence-corrected chi connectivity index (χ0v) is 10.2. The minimum atomic E-state index is -0.986. The summed E-state index contributed by atoms with van der Waals surface area (Å²) in [7, 11) is 0. The summed E-state index contributed by atoms with van der Waals surface area (Å²) in [5, 5.41) is 15.4. The van der Waals surface area contributed by atoms with Gasteiger partial charge in [0.2, 0.25) is 0 Å². The van der Waals surface area contributed by atoms with Gasteiger partial charge in [-0.2, -0.15) is 5.10 Å². The van der Waals surface area contributed by atoms with Crippen LogP contribution in [0.4, 0.5) is 0 Å². The second-order valence-corrected chi connectivity index (χ2v) is 3.91. The smallest absolute Gasteiger partial charge is 0.328 e. The van der Waals surface area contributed by atoms with Crippen LogP contribution in [0.3, 0.4) is 0 Å². The Bertz CT molecular complexity index is 593. The molecule has 0 saturated carbocycles. The van der Waals surface area contributed by atoms with E-state index in [1.54, 1.807) is 6.20 Å². The van der Waals surface area contributed by atoms with Crippen molar-refractivity contribution in [3.8, 4) is 11.3 Å². The molecule has 0 unspecified atom stereocenters. The lowest BCUT2D eigenvalue weighted by molar-refractivity contribution is -0.131. The van der Waals surface area contributed by atoms with Gasteiger partial charge in [0, 0.05) is 23.6 Å². The molecule has 0 aliphatic heterocycles. The summed E-state index contributed by atoms with van der Waals surface area (Å²) >= 11 is 0. The maximum Gasteiger partial charge on any atom is 0.328 e. The lowest BCUT2D eigenvalue weighted by Gasteiger charge is -1.96. The summed E-state index contributed by atoms with van der Waals surface area (Å²) in [6, 6.07) is 1.95. The van der Waals surface area contributed by atoms with Gasteiger partial charge in [-0.25, -0.2) is 4.79 Å². The van der Waals surface area contributed by atoms with E-state index in [0.717, 1.165) is 40.8 Å². The zero-order chi connectivity index (χ0) is 13.1. The van der Waals surface area contributed by atoms with Crippen LogP contribution in [0.1, 0.15) is 24.0 Å². The topological polar surface area (TPSA) is 79.1 Å². The van der Waals surface area contributed by atoms with Crippen LogP contribution < -0.4 is 0 Å². The normalized spacial score (nSPS) is 11.2. The number of carboxylic acids is 1. The van der Waals surface area contributed by atoms with Crippen LogP contribution in [0, 0.1) is 6.92 Å². The Kier molecular flexibility index (Phi) is 3.32. The molecular formula is C13H14N2O3. The van der Waals surface area contributed by atoms with Gasteiger partial charge in [-0.3, -0.25) is 5.10 Å². The van der Waals surface area contributed by atoms with Gasteiger partial charge >= 0.3 is 5.97 Å². The number of rotatable bonds is 4. The fourth-order valence-electron chi connectivity index (χ4n) is 1.76. The number of H-pyrrole nitrogens is 1. The lowest BCUT2D eigenvalue weighted by atomic mass is 10.1. The molecule has 2 aromatic heterocycles. The third kappa shape index (κ3) is 2.34. The number of nitrogens with zero attached hydrogens (tertiary/aromatic N) is 1. The number of carboxylic acid groups (broad SMARTS) is 1. The minimum absolute atomic E-state index is 0.726. The van der Waals surface area contributed by atoms with Crippen molar-refractivity contribution in [3.63, 3.8) is 0 Å². The first kappa shape index (κ1) is 12.2. The number of carbonyl (C=O) groups is 1. The first-order valence-corrected chi connectivity index (χ1v) is 5.66. The second-order valence-electron chi connectivity index (χ2n) is 3.91. The second kappa shape index (κ2) is 4.91. The molecule has 0 atom stereocenters. The highest BCUT2D eigenvalue weighted by Crippen LogP contribution is 2.28. The van der Waals surface area contributed by atoms with E-state index in [0.29, 0.717) is 0 Å². The van der Waals surface area contributed by atoms with Crippen LogP contribution in [0.25, 0.3) is 17.3 Å². The molecule has 94 valence electrons. The number of aryl methyl sites for hydroxylation is 2. The van der Waals surface area contributed by atoms with Gasteiger partial charge in [-0.1, -0.05) is 6.92 Å². The predicted octanol–water partition coefficient (Wildman–Crippen LogP) is 2.64. The molecule has 2 rings (SSSR count). The SMILES string of the molecule is CCc1cc(-c2[nH]ncc2/C=C/C(=O)O)c(C)o1. The molecule has 0 radical (unpaired) electrons. The highest BCUT2D eigenvalue weighted by molar-refractivity contribution is 5.87. The molecule has 5 heteroatoms. The van der Waals surface area contributed by atoms with Gasteiger partial charge in [-0.05, 0) is 19.1 Å². The van der Waals surface area contributed by atoms with E-state index >= 15 is 0 Å². The molecule has 18 heavy (non-hydrogen) atoms. The van der Waals surface area contributed by atoms with Crippen LogP contribution in [-0.4, -0.2) is 21.3 Å². The summed E-state index contributed by atoms with van der Waals surface area (Å²) < 4.78 is 5.58. The van der Waals surface area contributed by atoms with Crippen molar-refractivity contribution < 1.29 is 14.3 Å². The van der Waals surface area contributed by atoms with E-state index in [1.807, 2.05) is 19.9 Å². The van der Waals surface area contributed by atoms with Crippen molar-refractivity contribution in [3.05, 3.63) is 35.4 Å². The van der Waals surface area contributed by atoms with E-state index in [1.165, 1.54) is 6.08 Å². The predicted molar refractivity (Wildman–Crippen MR) is 67.1 cm³/mol. The van der Waals surface area contributed by atoms with E-state index < -0.39 is 5.97 Å². The maximum atomic E-state index is 10.5.